The Kier molecular flexibility index (Phi) is 3.77. The second-order valence-corrected chi connectivity index (χ2v) is 6.37. The number of fused-ring (bicyclic) bond motifs is 1. The molecule has 1 aliphatic rings. The van der Waals surface area contributed by atoms with Crippen LogP contribution in [0.5, 0.6) is 0 Å². The van der Waals surface area contributed by atoms with Gasteiger partial charge in [-0.15, -0.1) is 0 Å². The number of rotatable bonds is 5. The van der Waals surface area contributed by atoms with Crippen molar-refractivity contribution in [1.29, 1.82) is 0 Å². The van der Waals surface area contributed by atoms with Gasteiger partial charge in [-0.1, -0.05) is 6.92 Å². The summed E-state index contributed by atoms with van der Waals surface area (Å²) in [5.74, 6) is -1.21. The first-order chi connectivity index (χ1) is 9.78. The second-order valence-electron chi connectivity index (χ2n) is 4.54. The zero-order valence-electron chi connectivity index (χ0n) is 11.1. The Morgan fingerprint density at radius 1 is 1.38 bits per heavy atom. The standard InChI is InChI=1S/C12H12N2O6S/c1-2-3-9(15)7-13-12(16)10-5-4-8(14(17)18)6-11(10)21(13,19)20/h4-6H,2-3,7H2,1H3. The first kappa shape index (κ1) is 15.1. The van der Waals surface area contributed by atoms with Gasteiger partial charge < -0.3 is 0 Å². The largest absolute Gasteiger partial charge is 0.298 e. The number of carbonyl (C=O) groups is 2. The summed E-state index contributed by atoms with van der Waals surface area (Å²) < 4.78 is 25.0. The summed E-state index contributed by atoms with van der Waals surface area (Å²) in [5.41, 5.74) is -0.572. The Labute approximate surface area is 120 Å². The van der Waals surface area contributed by atoms with Crippen LogP contribution in [0.25, 0.3) is 0 Å². The summed E-state index contributed by atoms with van der Waals surface area (Å²) in [6.07, 6.45) is 0.703. The highest BCUT2D eigenvalue weighted by molar-refractivity contribution is 7.90. The molecule has 2 rings (SSSR count). The number of hydrogen-bond acceptors (Lipinski definition) is 6. The monoisotopic (exact) mass is 312 g/mol. The van der Waals surface area contributed by atoms with Crippen molar-refractivity contribution in [2.75, 3.05) is 6.54 Å². The average Bonchev–Trinajstić information content (AvgIpc) is 2.60. The first-order valence-corrected chi connectivity index (χ1v) is 7.60. The van der Waals surface area contributed by atoms with E-state index in [1.54, 1.807) is 6.92 Å². The lowest BCUT2D eigenvalue weighted by molar-refractivity contribution is -0.385. The molecule has 0 saturated carbocycles. The number of nitro benzene ring substituents is 1. The average molecular weight is 312 g/mol. The van der Waals surface area contributed by atoms with E-state index >= 15 is 0 Å². The van der Waals surface area contributed by atoms with E-state index in [1.807, 2.05) is 0 Å². The zero-order valence-corrected chi connectivity index (χ0v) is 11.9. The summed E-state index contributed by atoms with van der Waals surface area (Å²) in [4.78, 5) is 33.2. The van der Waals surface area contributed by atoms with Gasteiger partial charge in [0.25, 0.3) is 21.6 Å². The van der Waals surface area contributed by atoms with Gasteiger partial charge in [0.05, 0.1) is 17.0 Å². The highest BCUT2D eigenvalue weighted by atomic mass is 32.2. The van der Waals surface area contributed by atoms with E-state index in [1.165, 1.54) is 0 Å². The molecule has 1 aromatic carbocycles. The molecule has 1 aliphatic heterocycles. The lowest BCUT2D eigenvalue weighted by Crippen LogP contribution is -2.34. The SMILES string of the molecule is CCCC(=O)CN1C(=O)c2ccc([N+](=O)[O-])cc2S1(=O)=O. The molecule has 0 atom stereocenters. The van der Waals surface area contributed by atoms with Gasteiger partial charge in [0.15, 0.2) is 5.78 Å². The van der Waals surface area contributed by atoms with E-state index in [0.29, 0.717) is 10.7 Å². The van der Waals surface area contributed by atoms with E-state index in [4.69, 9.17) is 0 Å². The molecular formula is C12H12N2O6S. The van der Waals surface area contributed by atoms with Gasteiger partial charge in [-0.2, -0.15) is 0 Å². The normalized spacial score (nSPS) is 15.9. The quantitative estimate of drug-likeness (QED) is 0.594. The second kappa shape index (κ2) is 5.24. The molecule has 0 saturated heterocycles. The molecule has 21 heavy (non-hydrogen) atoms. The van der Waals surface area contributed by atoms with Gasteiger partial charge in [-0.05, 0) is 12.5 Å². The van der Waals surface area contributed by atoms with Crippen LogP contribution in [0.3, 0.4) is 0 Å². The molecule has 0 radical (unpaired) electrons. The van der Waals surface area contributed by atoms with Crippen LogP contribution in [0.2, 0.25) is 0 Å². The predicted molar refractivity (Wildman–Crippen MR) is 71.2 cm³/mol. The van der Waals surface area contributed by atoms with Crippen molar-refractivity contribution < 1.29 is 22.9 Å². The minimum atomic E-state index is -4.21. The molecule has 0 spiro atoms. The number of benzene rings is 1. The molecule has 9 heteroatoms. The minimum absolute atomic E-state index is 0.148. The molecule has 0 aliphatic carbocycles. The summed E-state index contributed by atoms with van der Waals surface area (Å²) >= 11 is 0. The molecule has 0 fully saturated rings. The van der Waals surface area contributed by atoms with Crippen molar-refractivity contribution in [2.45, 2.75) is 24.7 Å². The third kappa shape index (κ3) is 2.51. The maximum absolute atomic E-state index is 12.2. The topological polar surface area (TPSA) is 115 Å². The highest BCUT2D eigenvalue weighted by Gasteiger charge is 2.42. The molecule has 0 N–H and O–H groups in total. The van der Waals surface area contributed by atoms with Crippen LogP contribution >= 0.6 is 0 Å². The van der Waals surface area contributed by atoms with Crippen molar-refractivity contribution in [2.24, 2.45) is 0 Å². The van der Waals surface area contributed by atoms with E-state index < -0.39 is 38.0 Å². The van der Waals surface area contributed by atoms with E-state index in [-0.39, 0.29) is 17.8 Å². The summed E-state index contributed by atoms with van der Waals surface area (Å²) in [5, 5.41) is 10.7. The van der Waals surface area contributed by atoms with Crippen LogP contribution in [0.4, 0.5) is 5.69 Å². The smallest absolute Gasteiger partial charge is 0.270 e. The molecule has 1 heterocycles. The maximum atomic E-state index is 12.2. The zero-order chi connectivity index (χ0) is 15.8. The Hall–Kier alpha value is -2.29. The molecule has 0 aromatic heterocycles. The third-order valence-corrected chi connectivity index (χ3v) is 4.82. The predicted octanol–water partition coefficient (Wildman–Crippen LogP) is 1.11. The lowest BCUT2D eigenvalue weighted by Gasteiger charge is -2.13. The van der Waals surface area contributed by atoms with Gasteiger partial charge in [0.2, 0.25) is 0 Å². The van der Waals surface area contributed by atoms with Crippen LogP contribution in [-0.2, 0) is 14.8 Å². The Morgan fingerprint density at radius 3 is 2.62 bits per heavy atom. The van der Waals surface area contributed by atoms with Crippen LogP contribution in [-0.4, -0.2) is 35.9 Å². The number of nitro groups is 1. The number of non-ortho nitro benzene ring substituents is 1. The lowest BCUT2D eigenvalue weighted by atomic mass is 10.2. The number of ketones is 1. The molecule has 1 aromatic rings. The van der Waals surface area contributed by atoms with Crippen molar-refractivity contribution in [3.63, 3.8) is 0 Å². The van der Waals surface area contributed by atoms with Crippen molar-refractivity contribution in [1.82, 2.24) is 4.31 Å². The van der Waals surface area contributed by atoms with Gasteiger partial charge in [0.1, 0.15) is 4.90 Å². The third-order valence-electron chi connectivity index (χ3n) is 3.05. The minimum Gasteiger partial charge on any atom is -0.298 e. The van der Waals surface area contributed by atoms with Gasteiger partial charge in [0, 0.05) is 18.6 Å². The van der Waals surface area contributed by atoms with E-state index in [0.717, 1.165) is 18.2 Å². The number of nitrogens with zero attached hydrogens (tertiary/aromatic N) is 2. The number of carbonyl (C=O) groups excluding carboxylic acids is 2. The highest BCUT2D eigenvalue weighted by Crippen LogP contribution is 2.32. The van der Waals surface area contributed by atoms with Crippen molar-refractivity contribution in [3.8, 4) is 0 Å². The molecule has 1 amide bonds. The Morgan fingerprint density at radius 2 is 2.05 bits per heavy atom. The summed E-state index contributed by atoms with van der Waals surface area (Å²) in [6.45, 7) is 1.22. The first-order valence-electron chi connectivity index (χ1n) is 6.16. The number of Topliss-reactive ketones (excluding diaryl/α,β-unsaturated/α-hetero) is 1. The van der Waals surface area contributed by atoms with E-state index in [9.17, 15) is 28.1 Å². The molecule has 0 bridgehead atoms. The van der Waals surface area contributed by atoms with Crippen LogP contribution < -0.4 is 0 Å². The fraction of sp³-hybridized carbons (Fsp3) is 0.333. The molecule has 112 valence electrons. The van der Waals surface area contributed by atoms with E-state index in [2.05, 4.69) is 0 Å². The maximum Gasteiger partial charge on any atom is 0.270 e. The van der Waals surface area contributed by atoms with Gasteiger partial charge >= 0.3 is 0 Å². The summed E-state index contributed by atoms with van der Waals surface area (Å²) in [6, 6.07) is 2.99. The molecule has 8 nitrogen and oxygen atoms in total. The number of amides is 1. The fourth-order valence-electron chi connectivity index (χ4n) is 2.05. The fourth-order valence-corrected chi connectivity index (χ4v) is 3.62. The van der Waals surface area contributed by atoms with Crippen molar-refractivity contribution in [3.05, 3.63) is 33.9 Å². The van der Waals surface area contributed by atoms with Crippen LogP contribution in [0.1, 0.15) is 30.1 Å². The number of hydrogen-bond donors (Lipinski definition) is 0. The van der Waals surface area contributed by atoms with Gasteiger partial charge in [-0.25, -0.2) is 12.7 Å². The van der Waals surface area contributed by atoms with Crippen molar-refractivity contribution >= 4 is 27.4 Å². The van der Waals surface area contributed by atoms with Gasteiger partial charge in [-0.3, -0.25) is 19.7 Å². The van der Waals surface area contributed by atoms with Crippen LogP contribution in [0.15, 0.2) is 23.1 Å². The summed E-state index contributed by atoms with van der Waals surface area (Å²) in [7, 11) is -4.21. The Bertz CT molecular complexity index is 740. The van der Waals surface area contributed by atoms with Crippen LogP contribution in [0, 0.1) is 10.1 Å². The molecule has 0 unspecified atom stereocenters. The Balaban J connectivity index is 2.45. The number of sulfonamides is 1. The molecular weight excluding hydrogens is 300 g/mol.